The average molecular weight is 285 g/mol. The Morgan fingerprint density at radius 3 is 2.81 bits per heavy atom. The molecule has 4 nitrogen and oxygen atoms in total. The van der Waals surface area contributed by atoms with Gasteiger partial charge in [-0.1, -0.05) is 13.8 Å². The van der Waals surface area contributed by atoms with Crippen LogP contribution in [0.2, 0.25) is 0 Å². The molecule has 112 valence electrons. The molecule has 3 rings (SSSR count). The van der Waals surface area contributed by atoms with Gasteiger partial charge in [-0.25, -0.2) is 0 Å². The van der Waals surface area contributed by atoms with E-state index in [0.717, 1.165) is 47.0 Å². The van der Waals surface area contributed by atoms with Gasteiger partial charge in [0.1, 0.15) is 11.3 Å². The summed E-state index contributed by atoms with van der Waals surface area (Å²) in [6, 6.07) is 6.35. The summed E-state index contributed by atoms with van der Waals surface area (Å²) in [5, 5.41) is 6.75. The zero-order valence-electron chi connectivity index (χ0n) is 13.0. The molecule has 0 amide bonds. The van der Waals surface area contributed by atoms with Crippen molar-refractivity contribution < 1.29 is 4.42 Å². The van der Waals surface area contributed by atoms with E-state index in [0.29, 0.717) is 5.92 Å². The molecule has 0 saturated heterocycles. The molecule has 1 atom stereocenters. The highest BCUT2D eigenvalue weighted by atomic mass is 16.3. The summed E-state index contributed by atoms with van der Waals surface area (Å²) in [6.45, 7) is 7.18. The second kappa shape index (κ2) is 5.53. The number of nitrogens with zero attached hydrogens (tertiary/aromatic N) is 2. The van der Waals surface area contributed by atoms with E-state index in [4.69, 9.17) is 10.2 Å². The van der Waals surface area contributed by atoms with Crippen LogP contribution in [0.3, 0.4) is 0 Å². The molecule has 0 aliphatic rings. The third-order valence-electron chi connectivity index (χ3n) is 3.78. The number of rotatable bonds is 5. The molecule has 2 heterocycles. The summed E-state index contributed by atoms with van der Waals surface area (Å²) in [5.74, 6) is 1.74. The molecule has 2 aromatic heterocycles. The number of hydrogen-bond acceptors (Lipinski definition) is 3. The number of benzene rings is 1. The summed E-state index contributed by atoms with van der Waals surface area (Å²) in [7, 11) is 0. The van der Waals surface area contributed by atoms with Crippen molar-refractivity contribution in [3.8, 4) is 0 Å². The molecule has 0 saturated carbocycles. The van der Waals surface area contributed by atoms with Crippen LogP contribution in [-0.4, -0.2) is 15.8 Å². The molecular formula is C17H23N3O. The first kappa shape index (κ1) is 14.1. The van der Waals surface area contributed by atoms with Crippen LogP contribution in [-0.2, 0) is 13.0 Å². The second-order valence-electron chi connectivity index (χ2n) is 6.36. The molecular weight excluding hydrogens is 262 g/mol. The molecule has 4 heteroatoms. The van der Waals surface area contributed by atoms with Gasteiger partial charge >= 0.3 is 0 Å². The van der Waals surface area contributed by atoms with Crippen molar-refractivity contribution in [1.29, 1.82) is 0 Å². The fraction of sp³-hybridized carbons (Fsp3) is 0.471. The van der Waals surface area contributed by atoms with Gasteiger partial charge in [0, 0.05) is 23.2 Å². The second-order valence-corrected chi connectivity index (χ2v) is 6.36. The zero-order chi connectivity index (χ0) is 15.0. The molecule has 3 aromatic rings. The van der Waals surface area contributed by atoms with Crippen molar-refractivity contribution in [2.24, 2.45) is 11.7 Å². The Balaban J connectivity index is 2.06. The lowest BCUT2D eigenvalue weighted by Crippen LogP contribution is -2.22. The fourth-order valence-corrected chi connectivity index (χ4v) is 2.71. The van der Waals surface area contributed by atoms with E-state index in [1.807, 2.05) is 23.9 Å². The quantitative estimate of drug-likeness (QED) is 0.777. The summed E-state index contributed by atoms with van der Waals surface area (Å²) < 4.78 is 7.97. The maximum atomic E-state index is 5.98. The number of furan rings is 1. The smallest absolute Gasteiger partial charge is 0.136 e. The van der Waals surface area contributed by atoms with Crippen LogP contribution in [0.4, 0.5) is 0 Å². The maximum Gasteiger partial charge on any atom is 0.136 e. The molecule has 0 radical (unpaired) electrons. The summed E-state index contributed by atoms with van der Waals surface area (Å²) in [6.07, 6.45) is 4.02. The largest absolute Gasteiger partial charge is 0.461 e. The summed E-state index contributed by atoms with van der Waals surface area (Å²) in [5.41, 5.74) is 7.99. The third kappa shape index (κ3) is 2.81. The lowest BCUT2D eigenvalue weighted by Gasteiger charge is -2.06. The van der Waals surface area contributed by atoms with Gasteiger partial charge in [0.05, 0.1) is 18.3 Å². The number of hydrogen-bond donors (Lipinski definition) is 1. The molecule has 0 unspecified atom stereocenters. The highest BCUT2D eigenvalue weighted by Crippen LogP contribution is 2.29. The van der Waals surface area contributed by atoms with Crippen molar-refractivity contribution in [1.82, 2.24) is 9.78 Å². The first-order valence-electron chi connectivity index (χ1n) is 7.67. The maximum absolute atomic E-state index is 5.98. The molecule has 0 aliphatic heterocycles. The highest BCUT2D eigenvalue weighted by molar-refractivity contribution is 6.03. The zero-order valence-corrected chi connectivity index (χ0v) is 13.0. The van der Waals surface area contributed by atoms with Crippen molar-refractivity contribution in [2.45, 2.75) is 46.2 Å². The highest BCUT2D eigenvalue weighted by Gasteiger charge is 2.13. The number of fused-ring (bicyclic) bond motifs is 3. The van der Waals surface area contributed by atoms with Crippen molar-refractivity contribution in [3.05, 3.63) is 30.2 Å². The first-order chi connectivity index (χ1) is 10.0. The first-order valence-corrected chi connectivity index (χ1v) is 7.67. The molecule has 0 fully saturated rings. The van der Waals surface area contributed by atoms with Crippen LogP contribution in [0.25, 0.3) is 21.9 Å². The van der Waals surface area contributed by atoms with Gasteiger partial charge < -0.3 is 10.2 Å². The normalized spacial score (nSPS) is 13.6. The number of aromatic nitrogens is 2. The van der Waals surface area contributed by atoms with E-state index < -0.39 is 0 Å². The van der Waals surface area contributed by atoms with Gasteiger partial charge in [0.15, 0.2) is 0 Å². The van der Waals surface area contributed by atoms with Crippen LogP contribution in [0.15, 0.2) is 28.8 Å². The Morgan fingerprint density at radius 1 is 1.29 bits per heavy atom. The molecule has 0 bridgehead atoms. The van der Waals surface area contributed by atoms with Gasteiger partial charge in [-0.3, -0.25) is 4.68 Å². The van der Waals surface area contributed by atoms with Gasteiger partial charge in [-0.15, -0.1) is 0 Å². The molecule has 1 aromatic carbocycles. The van der Waals surface area contributed by atoms with Crippen LogP contribution in [0, 0.1) is 5.92 Å². The minimum Gasteiger partial charge on any atom is -0.461 e. The van der Waals surface area contributed by atoms with Crippen molar-refractivity contribution in [3.63, 3.8) is 0 Å². The Kier molecular flexibility index (Phi) is 3.72. The SMILES string of the molecule is CC(C)CCc1cc2c(ccc3cnn(C[C@H](C)N)c32)o1. The van der Waals surface area contributed by atoms with E-state index in [1.165, 1.54) is 0 Å². The average Bonchev–Trinajstić information content (AvgIpc) is 2.98. The third-order valence-corrected chi connectivity index (χ3v) is 3.78. The minimum atomic E-state index is 0.0793. The lowest BCUT2D eigenvalue weighted by molar-refractivity contribution is 0.499. The summed E-state index contributed by atoms with van der Waals surface area (Å²) >= 11 is 0. The predicted molar refractivity (Wildman–Crippen MR) is 86.3 cm³/mol. The van der Waals surface area contributed by atoms with Crippen molar-refractivity contribution >= 4 is 21.9 Å². The van der Waals surface area contributed by atoms with Gasteiger partial charge in [-0.05, 0) is 37.5 Å². The van der Waals surface area contributed by atoms with E-state index in [9.17, 15) is 0 Å². The monoisotopic (exact) mass is 285 g/mol. The van der Waals surface area contributed by atoms with Crippen LogP contribution in [0.1, 0.15) is 33.0 Å². The Morgan fingerprint density at radius 2 is 2.10 bits per heavy atom. The summed E-state index contributed by atoms with van der Waals surface area (Å²) in [4.78, 5) is 0. The van der Waals surface area contributed by atoms with E-state index in [2.05, 4.69) is 31.1 Å². The van der Waals surface area contributed by atoms with Gasteiger partial charge in [0.25, 0.3) is 0 Å². The Bertz CT molecular complexity index is 752. The van der Waals surface area contributed by atoms with Crippen molar-refractivity contribution in [2.75, 3.05) is 0 Å². The molecule has 21 heavy (non-hydrogen) atoms. The van der Waals surface area contributed by atoms with Crippen LogP contribution >= 0.6 is 0 Å². The fourth-order valence-electron chi connectivity index (χ4n) is 2.71. The van der Waals surface area contributed by atoms with E-state index in [1.54, 1.807) is 0 Å². The molecule has 0 aliphatic carbocycles. The van der Waals surface area contributed by atoms with E-state index >= 15 is 0 Å². The topological polar surface area (TPSA) is 57.0 Å². The molecule has 0 spiro atoms. The van der Waals surface area contributed by atoms with Crippen LogP contribution < -0.4 is 5.73 Å². The van der Waals surface area contributed by atoms with Gasteiger partial charge in [0.2, 0.25) is 0 Å². The van der Waals surface area contributed by atoms with E-state index in [-0.39, 0.29) is 6.04 Å². The van der Waals surface area contributed by atoms with Crippen LogP contribution in [0.5, 0.6) is 0 Å². The van der Waals surface area contributed by atoms with Gasteiger partial charge in [-0.2, -0.15) is 5.10 Å². The Hall–Kier alpha value is -1.81. The number of nitrogens with two attached hydrogens (primary N) is 1. The minimum absolute atomic E-state index is 0.0793. The molecule has 2 N–H and O–H groups in total. The Labute approximate surface area is 124 Å². The number of aryl methyl sites for hydroxylation is 1. The standard InChI is InChI=1S/C17H23N3O/c1-11(2)4-6-14-8-15-16(21-14)7-5-13-9-19-20(17(13)15)10-12(3)18/h5,7-9,11-12H,4,6,10,18H2,1-3H3/t12-/m0/s1. The predicted octanol–water partition coefficient (Wildman–Crippen LogP) is 3.72. The lowest BCUT2D eigenvalue weighted by atomic mass is 10.1.